The SMILES string of the molecule is CC(=O)c1ccccc1NS(=O)(=O)c1ccc(/C=C/C(=O)O)cc1. The van der Waals surface area contributed by atoms with Crippen LogP contribution < -0.4 is 4.72 Å². The second kappa shape index (κ2) is 7.10. The highest BCUT2D eigenvalue weighted by Gasteiger charge is 2.16. The normalized spacial score (nSPS) is 11.4. The summed E-state index contributed by atoms with van der Waals surface area (Å²) in [7, 11) is -3.86. The monoisotopic (exact) mass is 345 g/mol. The van der Waals surface area contributed by atoms with Gasteiger partial charge in [0.05, 0.1) is 10.6 Å². The molecule has 0 fully saturated rings. The third-order valence-electron chi connectivity index (χ3n) is 3.16. The van der Waals surface area contributed by atoms with Gasteiger partial charge in [-0.1, -0.05) is 24.3 Å². The zero-order valence-electron chi connectivity index (χ0n) is 12.8. The van der Waals surface area contributed by atoms with Crippen LogP contribution >= 0.6 is 0 Å². The topological polar surface area (TPSA) is 101 Å². The van der Waals surface area contributed by atoms with Gasteiger partial charge in [-0.2, -0.15) is 0 Å². The number of sulfonamides is 1. The number of hydrogen-bond acceptors (Lipinski definition) is 4. The van der Waals surface area contributed by atoms with E-state index in [9.17, 15) is 18.0 Å². The van der Waals surface area contributed by atoms with Crippen molar-refractivity contribution >= 4 is 33.5 Å². The molecule has 6 nitrogen and oxygen atoms in total. The van der Waals surface area contributed by atoms with Crippen molar-refractivity contribution in [1.29, 1.82) is 0 Å². The first-order chi connectivity index (χ1) is 11.3. The van der Waals surface area contributed by atoms with Crippen LogP contribution in [0.15, 0.2) is 59.5 Å². The Bertz CT molecular complexity index is 899. The number of para-hydroxylation sites is 1. The van der Waals surface area contributed by atoms with Crippen molar-refractivity contribution < 1.29 is 23.1 Å². The van der Waals surface area contributed by atoms with Crippen molar-refractivity contribution in [1.82, 2.24) is 0 Å². The van der Waals surface area contributed by atoms with E-state index < -0.39 is 16.0 Å². The number of nitrogens with one attached hydrogen (secondary N) is 1. The van der Waals surface area contributed by atoms with Gasteiger partial charge in [0.25, 0.3) is 10.0 Å². The third-order valence-corrected chi connectivity index (χ3v) is 4.54. The fraction of sp³-hybridized carbons (Fsp3) is 0.0588. The smallest absolute Gasteiger partial charge is 0.328 e. The molecule has 0 aliphatic heterocycles. The molecule has 0 unspecified atom stereocenters. The van der Waals surface area contributed by atoms with E-state index in [1.807, 2.05) is 0 Å². The van der Waals surface area contributed by atoms with Crippen LogP contribution in [-0.4, -0.2) is 25.3 Å². The number of aliphatic carboxylic acids is 1. The Kier molecular flexibility index (Phi) is 5.15. The van der Waals surface area contributed by atoms with Gasteiger partial charge < -0.3 is 5.11 Å². The van der Waals surface area contributed by atoms with Crippen molar-refractivity contribution in [3.63, 3.8) is 0 Å². The summed E-state index contributed by atoms with van der Waals surface area (Å²) >= 11 is 0. The van der Waals surface area contributed by atoms with Crippen LogP contribution in [-0.2, 0) is 14.8 Å². The van der Waals surface area contributed by atoms with Crippen LogP contribution in [0.4, 0.5) is 5.69 Å². The number of carboxylic acids is 1. The van der Waals surface area contributed by atoms with Gasteiger partial charge in [-0.25, -0.2) is 13.2 Å². The predicted molar refractivity (Wildman–Crippen MR) is 90.4 cm³/mol. The molecular formula is C17H15NO5S. The number of ketones is 1. The molecule has 2 aromatic rings. The van der Waals surface area contributed by atoms with Gasteiger partial charge in [0.15, 0.2) is 5.78 Å². The minimum absolute atomic E-state index is 0.00771. The van der Waals surface area contributed by atoms with Gasteiger partial charge >= 0.3 is 5.97 Å². The van der Waals surface area contributed by atoms with E-state index in [1.165, 1.54) is 43.3 Å². The van der Waals surface area contributed by atoms with E-state index in [0.29, 0.717) is 5.56 Å². The average Bonchev–Trinajstić information content (AvgIpc) is 2.53. The number of hydrogen-bond donors (Lipinski definition) is 2. The molecule has 0 saturated heterocycles. The van der Waals surface area contributed by atoms with Crippen molar-refractivity contribution in [3.8, 4) is 0 Å². The standard InChI is InChI=1S/C17H15NO5S/c1-12(19)15-4-2-3-5-16(15)18-24(22,23)14-9-6-13(7-10-14)8-11-17(20)21/h2-11,18H,1H3,(H,20,21)/b11-8+. The van der Waals surface area contributed by atoms with Crippen molar-refractivity contribution in [2.75, 3.05) is 4.72 Å². The molecule has 0 atom stereocenters. The van der Waals surface area contributed by atoms with Crippen LogP contribution in [0.2, 0.25) is 0 Å². The van der Waals surface area contributed by atoms with E-state index in [0.717, 1.165) is 6.08 Å². The second-order valence-electron chi connectivity index (χ2n) is 4.95. The Labute approximate surface area is 139 Å². The molecule has 24 heavy (non-hydrogen) atoms. The lowest BCUT2D eigenvalue weighted by Crippen LogP contribution is -2.15. The molecule has 2 N–H and O–H groups in total. The largest absolute Gasteiger partial charge is 0.478 e. The number of Topliss-reactive ketones (excluding diaryl/α,β-unsaturated/α-hetero) is 1. The summed E-state index contributed by atoms with van der Waals surface area (Å²) in [6.45, 7) is 1.36. The molecule has 124 valence electrons. The highest BCUT2D eigenvalue weighted by atomic mass is 32.2. The first-order valence-electron chi connectivity index (χ1n) is 6.93. The Balaban J connectivity index is 2.28. The number of carboxylic acid groups (broad SMARTS) is 1. The van der Waals surface area contributed by atoms with Crippen molar-refractivity contribution in [2.45, 2.75) is 11.8 Å². The molecule has 2 aromatic carbocycles. The molecule has 0 heterocycles. The zero-order chi connectivity index (χ0) is 17.7. The van der Waals surface area contributed by atoms with Crippen LogP contribution in [0.5, 0.6) is 0 Å². The van der Waals surface area contributed by atoms with Crippen LogP contribution in [0.3, 0.4) is 0 Å². The maximum absolute atomic E-state index is 12.4. The lowest BCUT2D eigenvalue weighted by molar-refractivity contribution is -0.131. The number of anilines is 1. The first kappa shape index (κ1) is 17.4. The minimum atomic E-state index is -3.86. The molecule has 0 radical (unpaired) electrons. The number of carbonyl (C=O) groups excluding carboxylic acids is 1. The van der Waals surface area contributed by atoms with E-state index in [1.54, 1.807) is 18.2 Å². The third kappa shape index (κ3) is 4.30. The summed E-state index contributed by atoms with van der Waals surface area (Å²) in [6, 6.07) is 12.0. The summed E-state index contributed by atoms with van der Waals surface area (Å²) in [6.07, 6.45) is 2.32. The van der Waals surface area contributed by atoms with Gasteiger partial charge in [0.2, 0.25) is 0 Å². The predicted octanol–water partition coefficient (Wildman–Crippen LogP) is 2.79. The Hall–Kier alpha value is -2.93. The molecule has 2 rings (SSSR count). The molecular weight excluding hydrogens is 330 g/mol. The van der Waals surface area contributed by atoms with Crippen molar-refractivity contribution in [3.05, 3.63) is 65.7 Å². The van der Waals surface area contributed by atoms with E-state index in [-0.39, 0.29) is 21.9 Å². The molecule has 0 bridgehead atoms. The Morgan fingerprint density at radius 2 is 1.67 bits per heavy atom. The second-order valence-corrected chi connectivity index (χ2v) is 6.63. The molecule has 0 amide bonds. The van der Waals surface area contributed by atoms with Gasteiger partial charge in [-0.15, -0.1) is 0 Å². The fourth-order valence-corrected chi connectivity index (χ4v) is 3.09. The first-order valence-corrected chi connectivity index (χ1v) is 8.42. The molecule has 0 aliphatic rings. The zero-order valence-corrected chi connectivity index (χ0v) is 13.6. The summed E-state index contributed by atoms with van der Waals surface area (Å²) < 4.78 is 27.2. The number of rotatable bonds is 6. The Morgan fingerprint density at radius 3 is 2.25 bits per heavy atom. The molecule has 0 saturated carbocycles. The average molecular weight is 345 g/mol. The maximum Gasteiger partial charge on any atom is 0.328 e. The van der Waals surface area contributed by atoms with Gasteiger partial charge in [-0.05, 0) is 42.8 Å². The highest BCUT2D eigenvalue weighted by molar-refractivity contribution is 7.92. The van der Waals surface area contributed by atoms with Crippen molar-refractivity contribution in [2.24, 2.45) is 0 Å². The Morgan fingerprint density at radius 1 is 1.04 bits per heavy atom. The van der Waals surface area contributed by atoms with Gasteiger partial charge in [0.1, 0.15) is 0 Å². The molecule has 7 heteroatoms. The molecule has 0 aromatic heterocycles. The molecule has 0 aliphatic carbocycles. The minimum Gasteiger partial charge on any atom is -0.478 e. The molecule has 0 spiro atoms. The number of benzene rings is 2. The van der Waals surface area contributed by atoms with E-state index in [2.05, 4.69) is 4.72 Å². The van der Waals surface area contributed by atoms with E-state index >= 15 is 0 Å². The summed E-state index contributed by atoms with van der Waals surface area (Å²) in [5, 5.41) is 8.57. The van der Waals surface area contributed by atoms with Crippen LogP contribution in [0.25, 0.3) is 6.08 Å². The van der Waals surface area contributed by atoms with Gasteiger partial charge in [0, 0.05) is 11.6 Å². The highest BCUT2D eigenvalue weighted by Crippen LogP contribution is 2.21. The summed E-state index contributed by atoms with van der Waals surface area (Å²) in [5.74, 6) is -1.34. The van der Waals surface area contributed by atoms with Gasteiger partial charge in [-0.3, -0.25) is 9.52 Å². The fourth-order valence-electron chi connectivity index (χ4n) is 2.01. The number of carbonyl (C=O) groups is 2. The van der Waals surface area contributed by atoms with Crippen LogP contribution in [0, 0.1) is 0 Å². The summed E-state index contributed by atoms with van der Waals surface area (Å²) in [5.41, 5.74) is 1.04. The van der Waals surface area contributed by atoms with Crippen LogP contribution in [0.1, 0.15) is 22.8 Å². The summed E-state index contributed by atoms with van der Waals surface area (Å²) in [4.78, 5) is 22.0. The lowest BCUT2D eigenvalue weighted by atomic mass is 10.1. The lowest BCUT2D eigenvalue weighted by Gasteiger charge is -2.11. The quantitative estimate of drug-likeness (QED) is 0.619. The maximum atomic E-state index is 12.4. The van der Waals surface area contributed by atoms with E-state index in [4.69, 9.17) is 5.11 Å².